The molecule has 0 bridgehead atoms. The van der Waals surface area contributed by atoms with Crippen LogP contribution in [0, 0.1) is 0 Å². The number of amides is 1. The van der Waals surface area contributed by atoms with Gasteiger partial charge in [0.25, 0.3) is 0 Å². The third-order valence-corrected chi connectivity index (χ3v) is 5.11. The summed E-state index contributed by atoms with van der Waals surface area (Å²) in [6.45, 7) is 7.69. The van der Waals surface area contributed by atoms with Gasteiger partial charge in [0.05, 0.1) is 52.0 Å². The van der Waals surface area contributed by atoms with Crippen LogP contribution < -0.4 is 29.2 Å². The largest absolute Gasteiger partial charge is 0.493 e. The van der Waals surface area contributed by atoms with E-state index in [-0.39, 0.29) is 5.91 Å². The second-order valence-corrected chi connectivity index (χ2v) is 7.22. The van der Waals surface area contributed by atoms with Crippen LogP contribution in [0.25, 0.3) is 6.08 Å². The third kappa shape index (κ3) is 6.32. The summed E-state index contributed by atoms with van der Waals surface area (Å²) in [5, 5.41) is 2.92. The number of morpholine rings is 1. The summed E-state index contributed by atoms with van der Waals surface area (Å²) in [6, 6.07) is 9.19. The van der Waals surface area contributed by atoms with Gasteiger partial charge in [0, 0.05) is 31.3 Å². The third-order valence-electron chi connectivity index (χ3n) is 5.11. The average Bonchev–Trinajstić information content (AvgIpc) is 2.84. The van der Waals surface area contributed by atoms with E-state index in [4.69, 9.17) is 23.7 Å². The van der Waals surface area contributed by atoms with Crippen molar-refractivity contribution >= 4 is 23.4 Å². The maximum Gasteiger partial charge on any atom is 0.248 e. The number of hydrogen-bond acceptors (Lipinski definition) is 7. The fourth-order valence-electron chi connectivity index (χ4n) is 3.55. The van der Waals surface area contributed by atoms with Crippen molar-refractivity contribution in [3.8, 4) is 23.0 Å². The molecular weight excluding hydrogens is 424 g/mol. The van der Waals surface area contributed by atoms with Crippen LogP contribution in [0.15, 0.2) is 36.4 Å². The standard InChI is InChI=1S/C25H32N2O6/c1-5-32-22-17-20(27-11-13-31-14-12-27)23(33-6-2)16-19(22)26-25(28)10-8-18-7-9-21(29-3)24(15-18)30-4/h7-10,15-17H,5-6,11-14H2,1-4H3,(H,26,28)/b10-8+. The van der Waals surface area contributed by atoms with Crippen molar-refractivity contribution in [1.82, 2.24) is 0 Å². The Morgan fingerprint density at radius 3 is 2.33 bits per heavy atom. The van der Waals surface area contributed by atoms with Gasteiger partial charge in [-0.15, -0.1) is 0 Å². The van der Waals surface area contributed by atoms with Gasteiger partial charge in [0.2, 0.25) is 5.91 Å². The van der Waals surface area contributed by atoms with E-state index in [0.29, 0.717) is 55.1 Å². The molecule has 1 amide bonds. The van der Waals surface area contributed by atoms with Gasteiger partial charge in [-0.05, 0) is 37.6 Å². The molecule has 33 heavy (non-hydrogen) atoms. The lowest BCUT2D eigenvalue weighted by atomic mass is 10.1. The Hall–Kier alpha value is -3.39. The van der Waals surface area contributed by atoms with Crippen LogP contribution in [-0.2, 0) is 9.53 Å². The summed E-state index contributed by atoms with van der Waals surface area (Å²) < 4.78 is 27.8. The molecule has 1 fully saturated rings. The van der Waals surface area contributed by atoms with Gasteiger partial charge in [0.1, 0.15) is 11.5 Å². The first-order valence-corrected chi connectivity index (χ1v) is 11.1. The first-order chi connectivity index (χ1) is 16.1. The second kappa shape index (κ2) is 12.0. The molecule has 0 atom stereocenters. The van der Waals surface area contributed by atoms with Crippen molar-refractivity contribution in [3.63, 3.8) is 0 Å². The highest BCUT2D eigenvalue weighted by Crippen LogP contribution is 2.39. The van der Waals surface area contributed by atoms with Crippen LogP contribution in [0.1, 0.15) is 19.4 Å². The average molecular weight is 457 g/mol. The molecule has 3 rings (SSSR count). The Balaban J connectivity index is 1.82. The van der Waals surface area contributed by atoms with E-state index in [1.807, 2.05) is 32.0 Å². The Morgan fingerprint density at radius 1 is 0.970 bits per heavy atom. The van der Waals surface area contributed by atoms with Crippen molar-refractivity contribution in [2.45, 2.75) is 13.8 Å². The maximum absolute atomic E-state index is 12.7. The summed E-state index contributed by atoms with van der Waals surface area (Å²) in [4.78, 5) is 14.9. The molecule has 0 aliphatic carbocycles. The molecule has 8 nitrogen and oxygen atoms in total. The molecule has 1 aliphatic rings. The number of benzene rings is 2. The van der Waals surface area contributed by atoms with E-state index in [1.54, 1.807) is 32.4 Å². The van der Waals surface area contributed by atoms with E-state index >= 15 is 0 Å². The maximum atomic E-state index is 12.7. The van der Waals surface area contributed by atoms with E-state index in [0.717, 1.165) is 24.3 Å². The molecule has 0 unspecified atom stereocenters. The van der Waals surface area contributed by atoms with Crippen molar-refractivity contribution in [2.75, 3.05) is 64.0 Å². The second-order valence-electron chi connectivity index (χ2n) is 7.22. The molecule has 2 aromatic rings. The first-order valence-electron chi connectivity index (χ1n) is 11.1. The van der Waals surface area contributed by atoms with Crippen LogP contribution in [-0.4, -0.2) is 59.6 Å². The Labute approximate surface area is 195 Å². The van der Waals surface area contributed by atoms with Crippen molar-refractivity contribution < 1.29 is 28.5 Å². The van der Waals surface area contributed by atoms with Crippen LogP contribution >= 0.6 is 0 Å². The minimum Gasteiger partial charge on any atom is -0.493 e. The van der Waals surface area contributed by atoms with E-state index in [2.05, 4.69) is 10.2 Å². The van der Waals surface area contributed by atoms with Gasteiger partial charge >= 0.3 is 0 Å². The molecule has 1 N–H and O–H groups in total. The monoisotopic (exact) mass is 456 g/mol. The summed E-state index contributed by atoms with van der Waals surface area (Å²) in [7, 11) is 3.15. The fourth-order valence-corrected chi connectivity index (χ4v) is 3.55. The van der Waals surface area contributed by atoms with Crippen LogP contribution in [0.4, 0.5) is 11.4 Å². The molecule has 0 aromatic heterocycles. The number of rotatable bonds is 10. The molecule has 1 heterocycles. The number of nitrogens with one attached hydrogen (secondary N) is 1. The summed E-state index contributed by atoms with van der Waals surface area (Å²) in [5.41, 5.74) is 2.30. The van der Waals surface area contributed by atoms with Crippen LogP contribution in [0.3, 0.4) is 0 Å². The number of carbonyl (C=O) groups is 1. The molecule has 0 saturated carbocycles. The van der Waals surface area contributed by atoms with Gasteiger partial charge < -0.3 is 33.9 Å². The van der Waals surface area contributed by atoms with Crippen LogP contribution in [0.5, 0.6) is 23.0 Å². The minimum atomic E-state index is -0.285. The number of anilines is 2. The predicted octanol–water partition coefficient (Wildman–Crippen LogP) is 3.99. The predicted molar refractivity (Wildman–Crippen MR) is 129 cm³/mol. The van der Waals surface area contributed by atoms with Gasteiger partial charge in [-0.1, -0.05) is 6.07 Å². The molecular formula is C25H32N2O6. The summed E-state index contributed by atoms with van der Waals surface area (Å²) in [6.07, 6.45) is 3.18. The minimum absolute atomic E-state index is 0.285. The zero-order valence-electron chi connectivity index (χ0n) is 19.7. The molecule has 8 heteroatoms. The van der Waals surface area contributed by atoms with E-state index in [9.17, 15) is 4.79 Å². The summed E-state index contributed by atoms with van der Waals surface area (Å²) >= 11 is 0. The topological polar surface area (TPSA) is 78.5 Å². The van der Waals surface area contributed by atoms with Gasteiger partial charge in [-0.25, -0.2) is 0 Å². The molecule has 0 radical (unpaired) electrons. The normalized spacial score (nSPS) is 13.6. The lowest BCUT2D eigenvalue weighted by Crippen LogP contribution is -2.36. The number of nitrogens with zero attached hydrogens (tertiary/aromatic N) is 1. The highest BCUT2D eigenvalue weighted by Gasteiger charge is 2.20. The van der Waals surface area contributed by atoms with Crippen molar-refractivity contribution in [2.24, 2.45) is 0 Å². The highest BCUT2D eigenvalue weighted by molar-refractivity contribution is 6.03. The molecule has 1 aliphatic heterocycles. The number of carbonyl (C=O) groups excluding carboxylic acids is 1. The molecule has 2 aromatic carbocycles. The fraction of sp³-hybridized carbons (Fsp3) is 0.400. The van der Waals surface area contributed by atoms with Gasteiger partial charge in [-0.3, -0.25) is 4.79 Å². The van der Waals surface area contributed by atoms with Crippen LogP contribution in [0.2, 0.25) is 0 Å². The SMILES string of the molecule is CCOc1cc(N2CCOCC2)c(OCC)cc1NC(=O)/C=C/c1ccc(OC)c(OC)c1. The zero-order valence-corrected chi connectivity index (χ0v) is 19.7. The van der Waals surface area contributed by atoms with Crippen molar-refractivity contribution in [1.29, 1.82) is 0 Å². The Kier molecular flexibility index (Phi) is 8.83. The Bertz CT molecular complexity index is 970. The summed E-state index contributed by atoms with van der Waals surface area (Å²) in [5.74, 6) is 2.23. The molecule has 0 spiro atoms. The first kappa shape index (κ1) is 24.3. The number of hydrogen-bond donors (Lipinski definition) is 1. The highest BCUT2D eigenvalue weighted by atomic mass is 16.5. The molecule has 1 saturated heterocycles. The quantitative estimate of drug-likeness (QED) is 0.542. The lowest BCUT2D eigenvalue weighted by molar-refractivity contribution is -0.111. The number of methoxy groups -OCH3 is 2. The van der Waals surface area contributed by atoms with Gasteiger partial charge in [0.15, 0.2) is 11.5 Å². The Morgan fingerprint density at radius 2 is 1.67 bits per heavy atom. The van der Waals surface area contributed by atoms with E-state index < -0.39 is 0 Å². The van der Waals surface area contributed by atoms with E-state index in [1.165, 1.54) is 6.08 Å². The smallest absolute Gasteiger partial charge is 0.248 e. The van der Waals surface area contributed by atoms with Gasteiger partial charge in [-0.2, -0.15) is 0 Å². The zero-order chi connectivity index (χ0) is 23.6. The lowest BCUT2D eigenvalue weighted by Gasteiger charge is -2.31. The van der Waals surface area contributed by atoms with Crippen molar-refractivity contribution in [3.05, 3.63) is 42.0 Å². The molecule has 178 valence electrons. The number of ether oxygens (including phenoxy) is 5.